The first-order chi connectivity index (χ1) is 24.4. The van der Waals surface area contributed by atoms with E-state index in [9.17, 15) is 14.4 Å². The van der Waals surface area contributed by atoms with Crippen LogP contribution in [0, 0.1) is 0 Å². The van der Waals surface area contributed by atoms with E-state index < -0.39 is 6.04 Å². The van der Waals surface area contributed by atoms with Crippen molar-refractivity contribution in [2.24, 2.45) is 0 Å². The topological polar surface area (TPSA) is 127 Å². The van der Waals surface area contributed by atoms with E-state index in [4.69, 9.17) is 9.97 Å². The number of aromatic nitrogens is 4. The van der Waals surface area contributed by atoms with Gasteiger partial charge in [0.2, 0.25) is 11.8 Å². The molecule has 1 aliphatic rings. The normalized spacial score (nSPS) is 15.1. The molecule has 254 valence electrons. The molecule has 6 aromatic rings. The average molecular weight is 668 g/mol. The fraction of sp³-hybridized carbons (Fsp3) is 0.275. The maximum absolute atomic E-state index is 13.7. The molecule has 2 atom stereocenters. The Hall–Kier alpha value is -5.61. The van der Waals surface area contributed by atoms with Gasteiger partial charge < -0.3 is 25.1 Å². The van der Waals surface area contributed by atoms with Crippen molar-refractivity contribution in [1.29, 1.82) is 0 Å². The summed E-state index contributed by atoms with van der Waals surface area (Å²) in [6, 6.07) is 29.8. The summed E-state index contributed by atoms with van der Waals surface area (Å²) in [7, 11) is 1.81. The van der Waals surface area contributed by atoms with Gasteiger partial charge in [-0.2, -0.15) is 0 Å². The highest BCUT2D eigenvalue weighted by molar-refractivity contribution is 6.11. The minimum atomic E-state index is -0.439. The van der Waals surface area contributed by atoms with Crippen molar-refractivity contribution in [3.05, 3.63) is 131 Å². The Bertz CT molecular complexity index is 2140. The second-order valence-corrected chi connectivity index (χ2v) is 12.9. The fourth-order valence-electron chi connectivity index (χ4n) is 6.96. The predicted octanol–water partition coefficient (Wildman–Crippen LogP) is 6.28. The summed E-state index contributed by atoms with van der Waals surface area (Å²) in [4.78, 5) is 60.7. The average Bonchev–Trinajstić information content (AvgIpc) is 3.90. The number of aromatic amines is 2. The van der Waals surface area contributed by atoms with Crippen LogP contribution in [-0.4, -0.2) is 67.5 Å². The van der Waals surface area contributed by atoms with Crippen LogP contribution in [0.3, 0.4) is 0 Å². The highest BCUT2D eigenvalue weighted by Crippen LogP contribution is 2.34. The zero-order valence-electron chi connectivity index (χ0n) is 28.4. The van der Waals surface area contributed by atoms with Crippen molar-refractivity contribution >= 4 is 39.7 Å². The lowest BCUT2D eigenvalue weighted by Gasteiger charge is -2.28. The Morgan fingerprint density at radius 3 is 2.22 bits per heavy atom. The van der Waals surface area contributed by atoms with E-state index in [-0.39, 0.29) is 23.6 Å². The van der Waals surface area contributed by atoms with Crippen LogP contribution in [0.25, 0.3) is 22.1 Å². The lowest BCUT2D eigenvalue weighted by Crippen LogP contribution is -2.39. The number of ketones is 1. The number of hydrogen-bond acceptors (Lipinski definition) is 6. The first-order valence-corrected chi connectivity index (χ1v) is 17.3. The largest absolute Gasteiger partial charge is 0.340 e. The van der Waals surface area contributed by atoms with Gasteiger partial charge in [0.15, 0.2) is 5.78 Å². The van der Waals surface area contributed by atoms with E-state index in [0.717, 1.165) is 58.3 Å². The molecule has 0 bridgehead atoms. The van der Waals surface area contributed by atoms with Crippen LogP contribution in [0.15, 0.2) is 97.1 Å². The molecule has 1 fully saturated rings. The number of amides is 2. The van der Waals surface area contributed by atoms with E-state index in [1.165, 1.54) is 0 Å². The summed E-state index contributed by atoms with van der Waals surface area (Å²) in [5.74, 6) is 1.35. The Labute approximate surface area is 290 Å². The van der Waals surface area contributed by atoms with Crippen molar-refractivity contribution in [1.82, 2.24) is 35.1 Å². The Kier molecular flexibility index (Phi) is 9.53. The van der Waals surface area contributed by atoms with Crippen LogP contribution in [0.2, 0.25) is 0 Å². The number of fused-ring (bicyclic) bond motifs is 2. The molecule has 3 N–H and O–H groups in total. The number of benzene rings is 4. The highest BCUT2D eigenvalue weighted by Gasteiger charge is 2.35. The molecule has 0 saturated carbocycles. The highest BCUT2D eigenvalue weighted by atomic mass is 16.2. The number of hydrogen-bond donors (Lipinski definition) is 3. The molecule has 10 heteroatoms. The lowest BCUT2D eigenvalue weighted by atomic mass is 10.0. The van der Waals surface area contributed by atoms with Crippen LogP contribution in [0.1, 0.15) is 77.0 Å². The summed E-state index contributed by atoms with van der Waals surface area (Å²) in [6.45, 7) is 3.71. The van der Waals surface area contributed by atoms with Crippen LogP contribution >= 0.6 is 0 Å². The molecule has 2 aromatic heterocycles. The molecule has 1 saturated heterocycles. The van der Waals surface area contributed by atoms with E-state index in [1.54, 1.807) is 19.2 Å². The van der Waals surface area contributed by atoms with Gasteiger partial charge >= 0.3 is 0 Å². The Morgan fingerprint density at radius 1 is 0.880 bits per heavy atom. The predicted molar refractivity (Wildman–Crippen MR) is 193 cm³/mol. The number of likely N-dealkylation sites (N-methyl/N-ethyl adjacent to an activating group) is 1. The molecule has 0 radical (unpaired) electrons. The SMILES string of the molecule is CCCN(Cc1nc2ccc(C(=O)c3ccc4nc([C@@H]5CCCN5C(=O)[C@H](NC)c5ccccc5)[nH]c4c3)cc2[nH]1)C(=O)Cc1ccccc1. The van der Waals surface area contributed by atoms with Crippen LogP contribution in [0.5, 0.6) is 0 Å². The summed E-state index contributed by atoms with van der Waals surface area (Å²) in [5, 5.41) is 3.19. The maximum Gasteiger partial charge on any atom is 0.244 e. The third-order valence-electron chi connectivity index (χ3n) is 9.46. The number of H-pyrrole nitrogens is 2. The van der Waals surface area contributed by atoms with Gasteiger partial charge in [-0.3, -0.25) is 14.4 Å². The second kappa shape index (κ2) is 14.5. The number of likely N-dealkylation sites (tertiary alicyclic amines) is 1. The van der Waals surface area contributed by atoms with Crippen LogP contribution < -0.4 is 5.32 Å². The minimum absolute atomic E-state index is 0.0201. The first-order valence-electron chi connectivity index (χ1n) is 17.3. The molecular formula is C40H41N7O3. The quantitative estimate of drug-likeness (QED) is 0.132. The zero-order chi connectivity index (χ0) is 34.6. The molecular weight excluding hydrogens is 626 g/mol. The molecule has 0 aliphatic carbocycles. The van der Waals surface area contributed by atoms with Crippen molar-refractivity contribution in [3.63, 3.8) is 0 Å². The van der Waals surface area contributed by atoms with Gasteiger partial charge in [-0.05, 0) is 73.8 Å². The number of carbonyl (C=O) groups is 3. The Morgan fingerprint density at radius 2 is 1.54 bits per heavy atom. The monoisotopic (exact) mass is 667 g/mol. The van der Waals surface area contributed by atoms with Gasteiger partial charge in [0.1, 0.15) is 17.7 Å². The molecule has 2 amide bonds. The fourth-order valence-corrected chi connectivity index (χ4v) is 6.96. The van der Waals surface area contributed by atoms with E-state index in [1.807, 2.05) is 94.7 Å². The third kappa shape index (κ3) is 6.79. The van der Waals surface area contributed by atoms with Crippen molar-refractivity contribution in [2.75, 3.05) is 20.1 Å². The standard InChI is InChI=1S/C40H41N7O3/c1-3-20-46(36(48)22-26-11-6-4-7-12-26)25-35-42-30-18-16-28(23-32(30)43-35)38(49)29-17-19-31-33(24-29)45-39(44-31)34-15-10-21-47(34)40(50)37(41-2)27-13-8-5-9-14-27/h4-9,11-14,16-19,23-24,34,37,41H,3,10,15,20-22,25H2,1-2H3,(H,42,43)(H,44,45)/t34-,37+/m0/s1. The molecule has 7 rings (SSSR count). The van der Waals surface area contributed by atoms with Gasteiger partial charge in [-0.15, -0.1) is 0 Å². The maximum atomic E-state index is 13.7. The van der Waals surface area contributed by atoms with E-state index in [2.05, 4.69) is 22.2 Å². The summed E-state index contributed by atoms with van der Waals surface area (Å²) < 4.78 is 0. The van der Waals surface area contributed by atoms with Gasteiger partial charge in [0.25, 0.3) is 0 Å². The number of imidazole rings is 2. The smallest absolute Gasteiger partial charge is 0.244 e. The Balaban J connectivity index is 1.07. The number of nitrogens with one attached hydrogen (secondary N) is 3. The summed E-state index contributed by atoms with van der Waals surface area (Å²) in [5.41, 5.74) is 5.94. The minimum Gasteiger partial charge on any atom is -0.340 e. The van der Waals surface area contributed by atoms with Crippen LogP contribution in [0.4, 0.5) is 0 Å². The molecule has 0 unspecified atom stereocenters. The van der Waals surface area contributed by atoms with Gasteiger partial charge in [0.05, 0.1) is 41.1 Å². The van der Waals surface area contributed by atoms with E-state index in [0.29, 0.717) is 43.0 Å². The summed E-state index contributed by atoms with van der Waals surface area (Å²) in [6.07, 6.45) is 2.88. The van der Waals surface area contributed by atoms with Gasteiger partial charge in [-0.1, -0.05) is 67.6 Å². The molecule has 1 aliphatic heterocycles. The lowest BCUT2D eigenvalue weighted by molar-refractivity contribution is -0.134. The number of carbonyl (C=O) groups excluding carboxylic acids is 3. The first kappa shape index (κ1) is 32.9. The third-order valence-corrected chi connectivity index (χ3v) is 9.46. The van der Waals surface area contributed by atoms with Gasteiger partial charge in [-0.25, -0.2) is 9.97 Å². The molecule has 10 nitrogen and oxygen atoms in total. The molecule has 0 spiro atoms. The molecule has 4 aromatic carbocycles. The van der Waals surface area contributed by atoms with Crippen molar-refractivity contribution in [2.45, 2.75) is 51.2 Å². The van der Waals surface area contributed by atoms with Crippen molar-refractivity contribution < 1.29 is 14.4 Å². The second-order valence-electron chi connectivity index (χ2n) is 12.9. The van der Waals surface area contributed by atoms with E-state index >= 15 is 0 Å². The summed E-state index contributed by atoms with van der Waals surface area (Å²) >= 11 is 0. The zero-order valence-corrected chi connectivity index (χ0v) is 28.4. The van der Waals surface area contributed by atoms with Gasteiger partial charge in [0, 0.05) is 24.2 Å². The molecule has 50 heavy (non-hydrogen) atoms. The number of rotatable bonds is 12. The van der Waals surface area contributed by atoms with Crippen molar-refractivity contribution in [3.8, 4) is 0 Å². The number of nitrogens with zero attached hydrogens (tertiary/aromatic N) is 4. The molecule has 3 heterocycles. The van der Waals surface area contributed by atoms with Crippen LogP contribution in [-0.2, 0) is 22.6 Å².